The van der Waals surface area contributed by atoms with Gasteiger partial charge < -0.3 is 4.90 Å². The van der Waals surface area contributed by atoms with Crippen LogP contribution in [0.3, 0.4) is 0 Å². The predicted octanol–water partition coefficient (Wildman–Crippen LogP) is 3.61. The molecule has 0 spiro atoms. The van der Waals surface area contributed by atoms with E-state index in [9.17, 15) is 4.79 Å². The topological polar surface area (TPSA) is 20.3 Å². The Morgan fingerprint density at radius 2 is 2.24 bits per heavy atom. The first kappa shape index (κ1) is 12.2. The fourth-order valence-electron chi connectivity index (χ4n) is 2.17. The van der Waals surface area contributed by atoms with Crippen LogP contribution >= 0.6 is 11.6 Å². The molecule has 0 amide bonds. The fourth-order valence-corrected chi connectivity index (χ4v) is 2.24. The van der Waals surface area contributed by atoms with E-state index in [1.54, 1.807) is 5.54 Å². The van der Waals surface area contributed by atoms with Crippen molar-refractivity contribution in [2.24, 2.45) is 0 Å². The fraction of sp³-hybridized carbons (Fsp3) is 0.357. The molecule has 17 heavy (non-hydrogen) atoms. The van der Waals surface area contributed by atoms with Crippen molar-refractivity contribution in [3.8, 4) is 0 Å². The van der Waals surface area contributed by atoms with E-state index in [1.807, 2.05) is 31.2 Å². The van der Waals surface area contributed by atoms with Crippen molar-refractivity contribution in [1.82, 2.24) is 0 Å². The number of carbonyl (C=O) groups excluding carboxylic acids is 1. The van der Waals surface area contributed by atoms with Gasteiger partial charge in [-0.2, -0.15) is 0 Å². The van der Waals surface area contributed by atoms with Gasteiger partial charge in [-0.05, 0) is 31.1 Å². The number of anilines is 1. The molecular weight excluding hydrogens is 234 g/mol. The normalized spacial score (nSPS) is 16.7. The molecule has 1 aromatic rings. The highest BCUT2D eigenvalue weighted by Gasteiger charge is 2.20. The summed E-state index contributed by atoms with van der Waals surface area (Å²) in [4.78, 5) is 14.2. The van der Waals surface area contributed by atoms with Gasteiger partial charge in [0.2, 0.25) is 0 Å². The SMILES string of the molecule is C/C(=C/Cl)CN1CCCC(=O)c2ccccc21. The molecule has 1 aliphatic heterocycles. The Labute approximate surface area is 107 Å². The van der Waals surface area contributed by atoms with Crippen LogP contribution in [0, 0.1) is 0 Å². The van der Waals surface area contributed by atoms with Gasteiger partial charge in [-0.1, -0.05) is 23.7 Å². The molecule has 1 aromatic carbocycles. The summed E-state index contributed by atoms with van der Waals surface area (Å²) in [6, 6.07) is 7.82. The van der Waals surface area contributed by atoms with Crippen LogP contribution in [-0.4, -0.2) is 18.9 Å². The third kappa shape index (κ3) is 2.70. The highest BCUT2D eigenvalue weighted by molar-refractivity contribution is 6.25. The van der Waals surface area contributed by atoms with E-state index in [2.05, 4.69) is 4.90 Å². The second kappa shape index (κ2) is 5.37. The highest BCUT2D eigenvalue weighted by atomic mass is 35.5. The van der Waals surface area contributed by atoms with E-state index in [4.69, 9.17) is 11.6 Å². The monoisotopic (exact) mass is 249 g/mol. The van der Waals surface area contributed by atoms with Crippen molar-refractivity contribution < 1.29 is 4.79 Å². The lowest BCUT2D eigenvalue weighted by atomic mass is 10.1. The van der Waals surface area contributed by atoms with Gasteiger partial charge in [-0.15, -0.1) is 0 Å². The van der Waals surface area contributed by atoms with Crippen LogP contribution < -0.4 is 4.90 Å². The average Bonchev–Trinajstić information content (AvgIpc) is 2.51. The molecule has 3 heteroatoms. The zero-order chi connectivity index (χ0) is 12.3. The molecule has 0 fully saturated rings. The maximum Gasteiger partial charge on any atom is 0.165 e. The van der Waals surface area contributed by atoms with E-state index >= 15 is 0 Å². The van der Waals surface area contributed by atoms with Gasteiger partial charge in [0.1, 0.15) is 0 Å². The van der Waals surface area contributed by atoms with Gasteiger partial charge in [-0.3, -0.25) is 4.79 Å². The van der Waals surface area contributed by atoms with Gasteiger partial charge in [0.05, 0.1) is 0 Å². The Bertz CT molecular complexity index is 453. The number of ketones is 1. The molecule has 2 nitrogen and oxygen atoms in total. The minimum absolute atomic E-state index is 0.246. The molecule has 0 saturated heterocycles. The number of fused-ring (bicyclic) bond motifs is 1. The van der Waals surface area contributed by atoms with Gasteiger partial charge in [0.25, 0.3) is 0 Å². The lowest BCUT2D eigenvalue weighted by Gasteiger charge is -2.24. The van der Waals surface area contributed by atoms with Gasteiger partial charge in [-0.25, -0.2) is 0 Å². The first-order chi connectivity index (χ1) is 8.22. The highest BCUT2D eigenvalue weighted by Crippen LogP contribution is 2.26. The lowest BCUT2D eigenvalue weighted by molar-refractivity contribution is 0.0984. The van der Waals surface area contributed by atoms with Crippen LogP contribution in [0.2, 0.25) is 0 Å². The van der Waals surface area contributed by atoms with Crippen LogP contribution in [0.4, 0.5) is 5.69 Å². The van der Waals surface area contributed by atoms with Crippen LogP contribution in [0.15, 0.2) is 35.4 Å². The molecule has 1 heterocycles. The van der Waals surface area contributed by atoms with E-state index in [0.717, 1.165) is 36.3 Å². The number of halogens is 1. The molecule has 0 bridgehead atoms. The van der Waals surface area contributed by atoms with E-state index in [0.29, 0.717) is 6.42 Å². The lowest BCUT2D eigenvalue weighted by Crippen LogP contribution is -2.25. The van der Waals surface area contributed by atoms with Gasteiger partial charge in [0, 0.05) is 36.3 Å². The average molecular weight is 250 g/mol. The van der Waals surface area contributed by atoms with Gasteiger partial charge in [0.15, 0.2) is 5.78 Å². The standard InChI is InChI=1S/C14H16ClNO/c1-11(9-15)10-16-8-4-7-14(17)12-5-2-3-6-13(12)16/h2-3,5-6,9H,4,7-8,10H2,1H3/b11-9-. The summed E-state index contributed by atoms with van der Waals surface area (Å²) in [5.41, 5.74) is 4.59. The largest absolute Gasteiger partial charge is 0.367 e. The predicted molar refractivity (Wildman–Crippen MR) is 71.8 cm³/mol. The number of Topliss-reactive ketones (excluding diaryl/α,β-unsaturated/α-hetero) is 1. The summed E-state index contributed by atoms with van der Waals surface area (Å²) in [5, 5.41) is 0. The Balaban J connectivity index is 2.35. The smallest absolute Gasteiger partial charge is 0.165 e. The van der Waals surface area contributed by atoms with E-state index in [-0.39, 0.29) is 5.78 Å². The van der Waals surface area contributed by atoms with E-state index in [1.165, 1.54) is 0 Å². The summed E-state index contributed by atoms with van der Waals surface area (Å²) in [5.74, 6) is 0.246. The quantitative estimate of drug-likeness (QED) is 0.798. The Morgan fingerprint density at radius 1 is 1.47 bits per heavy atom. The maximum absolute atomic E-state index is 11.9. The first-order valence-corrected chi connectivity index (χ1v) is 6.29. The molecule has 0 saturated carbocycles. The van der Waals surface area contributed by atoms with Crippen LogP contribution in [0.5, 0.6) is 0 Å². The molecule has 0 unspecified atom stereocenters. The van der Waals surface area contributed by atoms with Crippen molar-refractivity contribution in [3.63, 3.8) is 0 Å². The number of rotatable bonds is 2. The molecule has 2 rings (SSSR count). The number of benzene rings is 1. The van der Waals surface area contributed by atoms with Crippen LogP contribution in [-0.2, 0) is 0 Å². The molecule has 0 radical (unpaired) electrons. The Morgan fingerprint density at radius 3 is 3.00 bits per heavy atom. The third-order valence-electron chi connectivity index (χ3n) is 3.00. The van der Waals surface area contributed by atoms with Crippen molar-refractivity contribution >= 4 is 23.1 Å². The minimum atomic E-state index is 0.246. The third-order valence-corrected chi connectivity index (χ3v) is 3.38. The number of carbonyl (C=O) groups is 1. The summed E-state index contributed by atoms with van der Waals surface area (Å²) in [6.07, 6.45) is 1.54. The number of nitrogens with zero attached hydrogens (tertiary/aromatic N) is 1. The maximum atomic E-state index is 11.9. The van der Waals surface area contributed by atoms with Crippen LogP contribution in [0.1, 0.15) is 30.1 Å². The molecular formula is C14H16ClNO. The summed E-state index contributed by atoms with van der Waals surface area (Å²) in [6.45, 7) is 3.70. The Kier molecular flexibility index (Phi) is 3.85. The number of hydrogen-bond donors (Lipinski definition) is 0. The molecule has 0 aliphatic carbocycles. The molecule has 0 aromatic heterocycles. The molecule has 0 N–H and O–H groups in total. The molecule has 1 aliphatic rings. The van der Waals surface area contributed by atoms with E-state index < -0.39 is 0 Å². The summed E-state index contributed by atoms with van der Waals surface area (Å²) in [7, 11) is 0. The zero-order valence-corrected chi connectivity index (χ0v) is 10.7. The minimum Gasteiger partial charge on any atom is -0.367 e. The first-order valence-electron chi connectivity index (χ1n) is 5.85. The summed E-state index contributed by atoms with van der Waals surface area (Å²) < 4.78 is 0. The Hall–Kier alpha value is -1.28. The van der Waals surface area contributed by atoms with Crippen molar-refractivity contribution in [3.05, 3.63) is 40.9 Å². The molecule has 0 atom stereocenters. The van der Waals surface area contributed by atoms with Crippen molar-refractivity contribution in [1.29, 1.82) is 0 Å². The van der Waals surface area contributed by atoms with Crippen LogP contribution in [0.25, 0.3) is 0 Å². The van der Waals surface area contributed by atoms with Crippen molar-refractivity contribution in [2.75, 3.05) is 18.0 Å². The second-order valence-corrected chi connectivity index (χ2v) is 4.64. The second-order valence-electron chi connectivity index (χ2n) is 4.42. The van der Waals surface area contributed by atoms with Crippen molar-refractivity contribution in [2.45, 2.75) is 19.8 Å². The molecule has 90 valence electrons. The number of para-hydroxylation sites is 1. The zero-order valence-electron chi connectivity index (χ0n) is 9.95. The number of hydrogen-bond acceptors (Lipinski definition) is 2. The van der Waals surface area contributed by atoms with Gasteiger partial charge >= 0.3 is 0 Å². The summed E-state index contributed by atoms with van der Waals surface area (Å²) >= 11 is 5.71.